The van der Waals surface area contributed by atoms with Gasteiger partial charge >= 0.3 is 0 Å². The number of hydrogen-bond donors (Lipinski definition) is 6. The SMILES string of the molecule is CC[C@H]1OC(O)[C@H](C)[C@@H](O[C@H]2CC([NH+](C)[O-])CC(C)O2)[C@H](C)[C@@H](O)[C@](C)(O)C[C@@H](C)N(C)C[C@H](C)[C@@H](O)[C@]1(C)O. The fourth-order valence-electron chi connectivity index (χ4n) is 6.64. The van der Waals surface area contributed by atoms with Crippen LogP contribution in [0.25, 0.3) is 0 Å². The maximum absolute atomic E-state index is 12.2. The summed E-state index contributed by atoms with van der Waals surface area (Å²) in [6.45, 7) is 14.5. The Morgan fingerprint density at radius 2 is 1.57 bits per heavy atom. The van der Waals surface area contributed by atoms with Crippen molar-refractivity contribution in [2.75, 3.05) is 20.6 Å². The van der Waals surface area contributed by atoms with Crippen LogP contribution in [-0.4, -0.2) is 117 Å². The smallest absolute Gasteiger partial charge is 0.164 e. The van der Waals surface area contributed by atoms with Crippen LogP contribution in [-0.2, 0) is 14.2 Å². The molecule has 2 saturated heterocycles. The minimum atomic E-state index is -1.66. The zero-order valence-corrected chi connectivity index (χ0v) is 26.3. The van der Waals surface area contributed by atoms with E-state index in [9.17, 15) is 30.7 Å². The highest BCUT2D eigenvalue weighted by Gasteiger charge is 2.48. The third-order valence-corrected chi connectivity index (χ3v) is 9.48. The van der Waals surface area contributed by atoms with Gasteiger partial charge in [-0.05, 0) is 53.5 Å². The van der Waals surface area contributed by atoms with Crippen LogP contribution >= 0.6 is 0 Å². The van der Waals surface area contributed by atoms with Gasteiger partial charge in [-0.15, -0.1) is 0 Å². The number of quaternary nitrogens is 1. The normalized spacial score (nSPS) is 50.1. The molecule has 6 N–H and O–H groups in total. The molecule has 0 aliphatic carbocycles. The van der Waals surface area contributed by atoms with E-state index >= 15 is 0 Å². The van der Waals surface area contributed by atoms with Crippen molar-refractivity contribution < 1.29 is 44.8 Å². The second-order valence-electron chi connectivity index (χ2n) is 13.3. The molecule has 238 valence electrons. The average molecular weight is 579 g/mol. The summed E-state index contributed by atoms with van der Waals surface area (Å²) in [7, 11) is 3.43. The number of nitrogens with one attached hydrogen (secondary N) is 1. The lowest BCUT2D eigenvalue weighted by molar-refractivity contribution is -0.858. The van der Waals surface area contributed by atoms with Gasteiger partial charge in [0.15, 0.2) is 12.6 Å². The van der Waals surface area contributed by atoms with E-state index < -0.39 is 60.0 Å². The Balaban J connectivity index is 2.50. The van der Waals surface area contributed by atoms with E-state index in [1.165, 1.54) is 6.92 Å². The van der Waals surface area contributed by atoms with Gasteiger partial charge in [0, 0.05) is 30.8 Å². The fraction of sp³-hybridized carbons (Fsp3) is 1.00. The summed E-state index contributed by atoms with van der Waals surface area (Å²) in [6, 6.07) is -0.392. The molecule has 2 rings (SSSR count). The van der Waals surface area contributed by atoms with E-state index in [0.717, 1.165) is 0 Å². The molecule has 40 heavy (non-hydrogen) atoms. The van der Waals surface area contributed by atoms with Gasteiger partial charge in [0.25, 0.3) is 0 Å². The number of hydroxylamine groups is 2. The minimum absolute atomic E-state index is 0.0529. The van der Waals surface area contributed by atoms with Crippen molar-refractivity contribution in [3.05, 3.63) is 5.21 Å². The van der Waals surface area contributed by atoms with Gasteiger partial charge in [-0.1, -0.05) is 27.7 Å². The minimum Gasteiger partial charge on any atom is -0.634 e. The number of nitrogens with zero attached hydrogens (tertiary/aromatic N) is 1. The van der Waals surface area contributed by atoms with E-state index in [4.69, 9.17) is 14.2 Å². The Kier molecular flexibility index (Phi) is 12.8. The van der Waals surface area contributed by atoms with E-state index in [1.54, 1.807) is 27.8 Å². The highest BCUT2D eigenvalue weighted by atomic mass is 16.7. The van der Waals surface area contributed by atoms with Crippen molar-refractivity contribution in [3.63, 3.8) is 0 Å². The Bertz CT molecular complexity index is 770. The number of aliphatic hydroxyl groups is 5. The first-order valence-electron chi connectivity index (χ1n) is 15.0. The van der Waals surface area contributed by atoms with Crippen molar-refractivity contribution in [2.24, 2.45) is 17.8 Å². The average Bonchev–Trinajstić information content (AvgIpc) is 2.86. The summed E-state index contributed by atoms with van der Waals surface area (Å²) in [5.41, 5.74) is -3.18. The summed E-state index contributed by atoms with van der Waals surface area (Å²) < 4.78 is 18.5. The molecule has 0 bridgehead atoms. The molecule has 0 amide bonds. The molecular weight excluding hydrogens is 520 g/mol. The van der Waals surface area contributed by atoms with Crippen molar-refractivity contribution in [1.82, 2.24) is 4.90 Å². The van der Waals surface area contributed by atoms with Crippen LogP contribution in [0.1, 0.15) is 81.1 Å². The van der Waals surface area contributed by atoms with Crippen LogP contribution in [0, 0.1) is 23.0 Å². The largest absolute Gasteiger partial charge is 0.634 e. The number of aliphatic hydroxyl groups excluding tert-OH is 3. The number of hydrogen-bond acceptors (Lipinski definition) is 10. The summed E-state index contributed by atoms with van der Waals surface area (Å²) >= 11 is 0. The maximum Gasteiger partial charge on any atom is 0.164 e. The predicted octanol–water partition coefficient (Wildman–Crippen LogP) is 0.247. The van der Waals surface area contributed by atoms with Crippen molar-refractivity contribution in [3.8, 4) is 0 Å². The molecule has 11 nitrogen and oxygen atoms in total. The highest BCUT2D eigenvalue weighted by molar-refractivity contribution is 4.96. The van der Waals surface area contributed by atoms with E-state index in [2.05, 4.69) is 0 Å². The second kappa shape index (κ2) is 14.4. The van der Waals surface area contributed by atoms with Crippen molar-refractivity contribution >= 4 is 0 Å². The molecule has 15 atom stereocenters. The molecular formula is C29H58N2O9. The lowest BCUT2D eigenvalue weighted by Gasteiger charge is -2.44. The molecule has 0 saturated carbocycles. The summed E-state index contributed by atoms with van der Waals surface area (Å²) in [4.78, 5) is 1.99. The van der Waals surface area contributed by atoms with Crippen molar-refractivity contribution in [2.45, 2.75) is 147 Å². The topological polar surface area (TPSA) is 160 Å². The third-order valence-electron chi connectivity index (χ3n) is 9.48. The Labute approximate surface area is 241 Å². The lowest BCUT2D eigenvalue weighted by atomic mass is 9.79. The van der Waals surface area contributed by atoms with Crippen LogP contribution in [0.15, 0.2) is 0 Å². The molecule has 0 aromatic rings. The monoisotopic (exact) mass is 578 g/mol. The quantitative estimate of drug-likeness (QED) is 0.255. The van der Waals surface area contributed by atoms with Gasteiger partial charge in [-0.2, -0.15) is 0 Å². The first kappa shape index (κ1) is 35.8. The van der Waals surface area contributed by atoms with Crippen LogP contribution in [0.4, 0.5) is 0 Å². The Morgan fingerprint density at radius 3 is 2.12 bits per heavy atom. The van der Waals surface area contributed by atoms with Gasteiger partial charge in [0.05, 0.1) is 55.6 Å². The zero-order chi connectivity index (χ0) is 30.7. The molecule has 0 aromatic carbocycles. The third kappa shape index (κ3) is 8.57. The molecule has 2 aliphatic rings. The number of ether oxygens (including phenoxy) is 3. The molecule has 0 aromatic heterocycles. The van der Waals surface area contributed by atoms with Crippen LogP contribution < -0.4 is 5.06 Å². The molecule has 4 unspecified atom stereocenters. The summed E-state index contributed by atoms with van der Waals surface area (Å²) in [6.07, 6.45) is -5.03. The van der Waals surface area contributed by atoms with Gasteiger partial charge in [0.1, 0.15) is 5.60 Å². The highest BCUT2D eigenvalue weighted by Crippen LogP contribution is 2.35. The van der Waals surface area contributed by atoms with E-state index in [1.807, 2.05) is 39.6 Å². The molecule has 2 aliphatic heterocycles. The van der Waals surface area contributed by atoms with Crippen LogP contribution in [0.3, 0.4) is 0 Å². The molecule has 11 heteroatoms. The van der Waals surface area contributed by atoms with Crippen molar-refractivity contribution in [1.29, 1.82) is 0 Å². The molecule has 2 heterocycles. The zero-order valence-electron chi connectivity index (χ0n) is 26.3. The first-order valence-corrected chi connectivity index (χ1v) is 15.0. The van der Waals surface area contributed by atoms with Gasteiger partial charge < -0.3 is 54.9 Å². The van der Waals surface area contributed by atoms with Gasteiger partial charge in [0.2, 0.25) is 0 Å². The Hall–Kier alpha value is -0.440. The lowest BCUT2D eigenvalue weighted by Crippen LogP contribution is -3.08. The molecule has 0 spiro atoms. The first-order chi connectivity index (χ1) is 18.3. The van der Waals surface area contributed by atoms with Gasteiger partial charge in [-0.25, -0.2) is 0 Å². The second-order valence-corrected chi connectivity index (χ2v) is 13.3. The van der Waals surface area contributed by atoms with Crippen LogP contribution in [0.5, 0.6) is 0 Å². The number of rotatable bonds is 4. The molecule has 0 radical (unpaired) electrons. The van der Waals surface area contributed by atoms with Gasteiger partial charge in [-0.3, -0.25) is 0 Å². The van der Waals surface area contributed by atoms with Crippen LogP contribution in [0.2, 0.25) is 0 Å². The Morgan fingerprint density at radius 1 is 0.975 bits per heavy atom. The summed E-state index contributed by atoms with van der Waals surface area (Å²) in [5, 5.41) is 69.2. The summed E-state index contributed by atoms with van der Waals surface area (Å²) in [5.74, 6) is -1.77. The predicted molar refractivity (Wildman–Crippen MR) is 151 cm³/mol. The van der Waals surface area contributed by atoms with E-state index in [-0.39, 0.29) is 35.6 Å². The molecule has 2 fully saturated rings. The van der Waals surface area contributed by atoms with E-state index in [0.29, 0.717) is 25.8 Å². The fourth-order valence-corrected chi connectivity index (χ4v) is 6.64. The maximum atomic E-state index is 12.2. The standard InChI is InChI=1S/C29H58N2O9/c1-11-22-29(8,36)25(32)16(2)15-30(9)17(3)14-28(7,35)26(33)19(5)24(20(6)27(34)39-22)40-23-13-21(31(10)37)12-18(4)38-23/h16-27,31-36H,11-15H2,1-10H3/t16-,17+,18?,19-,20+,21?,22+,23-,24-,25+,26+,27?,28+,29+/m0/s1.